The van der Waals surface area contributed by atoms with Gasteiger partial charge in [-0.05, 0) is 42.3 Å². The molecule has 0 aliphatic rings. The molecule has 2 N–H and O–H groups in total. The molecule has 0 atom stereocenters. The van der Waals surface area contributed by atoms with Crippen LogP contribution in [0.5, 0.6) is 0 Å². The van der Waals surface area contributed by atoms with Crippen LogP contribution in [0.25, 0.3) is 11.1 Å². The lowest BCUT2D eigenvalue weighted by atomic mass is 9.99. The molecule has 1 aromatic heterocycles. The van der Waals surface area contributed by atoms with Crippen molar-refractivity contribution in [1.82, 2.24) is 4.98 Å². The van der Waals surface area contributed by atoms with E-state index in [-0.39, 0.29) is 24.4 Å². The van der Waals surface area contributed by atoms with E-state index in [0.717, 1.165) is 28.8 Å². The van der Waals surface area contributed by atoms with Gasteiger partial charge in [0, 0.05) is 31.0 Å². The van der Waals surface area contributed by atoms with Crippen LogP contribution in [0.2, 0.25) is 0 Å². The Morgan fingerprint density at radius 1 is 1.13 bits per heavy atom. The highest BCUT2D eigenvalue weighted by molar-refractivity contribution is 6.11. The number of aliphatic hydroxyl groups excluding tert-OH is 1. The SMILES string of the molecule is Cc1ccccc1-c1ccncc1N(C)C(=O)c1cc(C(F)(F)F)ccc1NCCO. The molecule has 0 radical (unpaired) electrons. The van der Waals surface area contributed by atoms with Gasteiger partial charge in [0.2, 0.25) is 0 Å². The molecule has 8 heteroatoms. The van der Waals surface area contributed by atoms with E-state index in [2.05, 4.69) is 10.3 Å². The highest BCUT2D eigenvalue weighted by atomic mass is 19.4. The summed E-state index contributed by atoms with van der Waals surface area (Å²) >= 11 is 0. The summed E-state index contributed by atoms with van der Waals surface area (Å²) < 4.78 is 39.8. The molecule has 0 unspecified atom stereocenters. The van der Waals surface area contributed by atoms with Gasteiger partial charge < -0.3 is 15.3 Å². The van der Waals surface area contributed by atoms with E-state index < -0.39 is 17.6 Å². The number of anilines is 2. The standard InChI is InChI=1S/C23H22F3N3O2/c1-15-5-3-4-6-17(15)18-9-10-27-14-21(18)29(2)22(31)19-13-16(23(24,25)26)7-8-20(19)28-11-12-30/h3-10,13-14,28,30H,11-12H2,1-2H3. The number of aromatic nitrogens is 1. The lowest BCUT2D eigenvalue weighted by molar-refractivity contribution is -0.137. The van der Waals surface area contributed by atoms with Gasteiger partial charge in [0.05, 0.1) is 29.6 Å². The molecular weight excluding hydrogens is 407 g/mol. The van der Waals surface area contributed by atoms with Gasteiger partial charge in [0.25, 0.3) is 5.91 Å². The predicted molar refractivity (Wildman–Crippen MR) is 114 cm³/mol. The molecule has 0 saturated heterocycles. The van der Waals surface area contributed by atoms with Crippen molar-refractivity contribution >= 4 is 17.3 Å². The first-order chi connectivity index (χ1) is 14.7. The van der Waals surface area contributed by atoms with E-state index >= 15 is 0 Å². The monoisotopic (exact) mass is 429 g/mol. The predicted octanol–water partition coefficient (Wildman–Crippen LogP) is 4.76. The summed E-state index contributed by atoms with van der Waals surface area (Å²) in [5.74, 6) is -0.630. The second-order valence-corrected chi connectivity index (χ2v) is 6.98. The summed E-state index contributed by atoms with van der Waals surface area (Å²) in [7, 11) is 1.50. The lowest BCUT2D eigenvalue weighted by Gasteiger charge is -2.23. The molecule has 0 spiro atoms. The molecule has 5 nitrogen and oxygen atoms in total. The van der Waals surface area contributed by atoms with Gasteiger partial charge in [0.1, 0.15) is 0 Å². The zero-order valence-corrected chi connectivity index (χ0v) is 17.1. The van der Waals surface area contributed by atoms with Crippen LogP contribution in [0.4, 0.5) is 24.5 Å². The van der Waals surface area contributed by atoms with Crippen LogP contribution in [0.3, 0.4) is 0 Å². The van der Waals surface area contributed by atoms with Crippen LogP contribution < -0.4 is 10.2 Å². The molecule has 162 valence electrons. The third kappa shape index (κ3) is 4.86. The van der Waals surface area contributed by atoms with E-state index in [1.807, 2.05) is 31.2 Å². The largest absolute Gasteiger partial charge is 0.416 e. The van der Waals surface area contributed by atoms with Gasteiger partial charge in [-0.15, -0.1) is 0 Å². The van der Waals surface area contributed by atoms with Crippen molar-refractivity contribution in [3.8, 4) is 11.1 Å². The lowest BCUT2D eigenvalue weighted by Crippen LogP contribution is -2.28. The second kappa shape index (κ2) is 9.18. The first kappa shape index (κ1) is 22.3. The molecule has 2 aromatic carbocycles. The van der Waals surface area contributed by atoms with E-state index in [9.17, 15) is 18.0 Å². The second-order valence-electron chi connectivity index (χ2n) is 6.98. The molecule has 0 aliphatic carbocycles. The Kier molecular flexibility index (Phi) is 6.60. The van der Waals surface area contributed by atoms with Crippen LogP contribution in [0.15, 0.2) is 60.9 Å². The number of benzene rings is 2. The number of alkyl halides is 3. The van der Waals surface area contributed by atoms with Crippen molar-refractivity contribution < 1.29 is 23.1 Å². The quantitative estimate of drug-likeness (QED) is 0.593. The van der Waals surface area contributed by atoms with Gasteiger partial charge in [-0.2, -0.15) is 13.2 Å². The highest BCUT2D eigenvalue weighted by Gasteiger charge is 2.32. The molecule has 3 aromatic rings. The number of nitrogens with zero attached hydrogens (tertiary/aromatic N) is 2. The maximum Gasteiger partial charge on any atom is 0.416 e. The fraction of sp³-hybridized carbons (Fsp3) is 0.217. The number of rotatable bonds is 6. The Morgan fingerprint density at radius 2 is 1.87 bits per heavy atom. The number of amides is 1. The molecule has 0 fully saturated rings. The number of hydrogen-bond acceptors (Lipinski definition) is 4. The summed E-state index contributed by atoms with van der Waals surface area (Å²) in [6, 6.07) is 12.3. The maximum absolute atomic E-state index is 13.3. The number of halogens is 3. The van der Waals surface area contributed by atoms with Gasteiger partial charge in [-0.25, -0.2) is 0 Å². The van der Waals surface area contributed by atoms with Crippen LogP contribution in [0.1, 0.15) is 21.5 Å². The summed E-state index contributed by atoms with van der Waals surface area (Å²) in [5, 5.41) is 11.9. The fourth-order valence-corrected chi connectivity index (χ4v) is 3.29. The summed E-state index contributed by atoms with van der Waals surface area (Å²) in [6.45, 7) is 1.80. The first-order valence-electron chi connectivity index (χ1n) is 9.58. The van der Waals surface area contributed by atoms with E-state index in [1.165, 1.54) is 24.2 Å². The number of hydrogen-bond donors (Lipinski definition) is 2. The smallest absolute Gasteiger partial charge is 0.395 e. The number of aryl methyl sites for hydroxylation is 1. The Morgan fingerprint density at radius 3 is 2.55 bits per heavy atom. The van der Waals surface area contributed by atoms with Gasteiger partial charge in [-0.1, -0.05) is 24.3 Å². The fourth-order valence-electron chi connectivity index (χ4n) is 3.29. The van der Waals surface area contributed by atoms with Crippen molar-refractivity contribution in [1.29, 1.82) is 0 Å². The van der Waals surface area contributed by atoms with Gasteiger partial charge >= 0.3 is 6.18 Å². The Bertz CT molecular complexity index is 1080. The number of nitrogens with one attached hydrogen (secondary N) is 1. The summed E-state index contributed by atoms with van der Waals surface area (Å²) in [4.78, 5) is 18.7. The number of carbonyl (C=O) groups is 1. The van der Waals surface area contributed by atoms with Crippen LogP contribution in [0, 0.1) is 6.92 Å². The molecule has 0 saturated carbocycles. The van der Waals surface area contributed by atoms with Crippen molar-refractivity contribution in [2.75, 3.05) is 30.4 Å². The van der Waals surface area contributed by atoms with Gasteiger partial charge in [0.15, 0.2) is 0 Å². The Balaban J connectivity index is 2.07. The molecular formula is C23H22F3N3O2. The topological polar surface area (TPSA) is 65.5 Å². The van der Waals surface area contributed by atoms with E-state index in [0.29, 0.717) is 5.69 Å². The zero-order chi connectivity index (χ0) is 22.6. The highest BCUT2D eigenvalue weighted by Crippen LogP contribution is 2.35. The van der Waals surface area contributed by atoms with E-state index in [4.69, 9.17) is 5.11 Å². The molecule has 31 heavy (non-hydrogen) atoms. The first-order valence-corrected chi connectivity index (χ1v) is 9.58. The number of pyridine rings is 1. The van der Waals surface area contributed by atoms with Crippen LogP contribution >= 0.6 is 0 Å². The molecule has 3 rings (SSSR count). The van der Waals surface area contributed by atoms with Crippen molar-refractivity contribution in [3.05, 3.63) is 77.6 Å². The van der Waals surface area contributed by atoms with Crippen molar-refractivity contribution in [3.63, 3.8) is 0 Å². The zero-order valence-electron chi connectivity index (χ0n) is 17.1. The van der Waals surface area contributed by atoms with Gasteiger partial charge in [-0.3, -0.25) is 9.78 Å². The average molecular weight is 429 g/mol. The van der Waals surface area contributed by atoms with Crippen LogP contribution in [-0.4, -0.2) is 36.2 Å². The summed E-state index contributed by atoms with van der Waals surface area (Å²) in [6.07, 6.45) is -1.49. The van der Waals surface area contributed by atoms with E-state index in [1.54, 1.807) is 12.3 Å². The third-order valence-electron chi connectivity index (χ3n) is 4.91. The molecule has 0 aliphatic heterocycles. The van der Waals surface area contributed by atoms with Crippen molar-refractivity contribution in [2.45, 2.75) is 13.1 Å². The molecule has 0 bridgehead atoms. The molecule has 1 amide bonds. The summed E-state index contributed by atoms with van der Waals surface area (Å²) in [5.41, 5.74) is 2.21. The van der Waals surface area contributed by atoms with Crippen molar-refractivity contribution in [2.24, 2.45) is 0 Å². The number of carbonyl (C=O) groups excluding carboxylic acids is 1. The average Bonchev–Trinajstić information content (AvgIpc) is 2.76. The Labute approximate surface area is 178 Å². The molecule has 1 heterocycles. The minimum absolute atomic E-state index is 0.0940. The minimum atomic E-state index is -4.59. The number of aliphatic hydroxyl groups is 1. The minimum Gasteiger partial charge on any atom is -0.395 e. The maximum atomic E-state index is 13.3. The Hall–Kier alpha value is -3.39. The van der Waals surface area contributed by atoms with Crippen LogP contribution in [-0.2, 0) is 6.18 Å². The normalized spacial score (nSPS) is 11.3. The third-order valence-corrected chi connectivity index (χ3v) is 4.91.